The van der Waals surface area contributed by atoms with Gasteiger partial charge in [0.25, 0.3) is 5.78 Å². The number of aliphatic hydroxyl groups is 4. The first-order valence-corrected chi connectivity index (χ1v) is 21.2. The molecule has 0 radical (unpaired) electrons. The molecule has 0 amide bonds. The van der Waals surface area contributed by atoms with Crippen LogP contribution in [0.3, 0.4) is 0 Å². The van der Waals surface area contributed by atoms with Crippen LogP contribution in [0.5, 0.6) is 11.5 Å². The number of esters is 1. The number of aryl methyl sites for hydroxylation is 2. The largest absolute Gasteiger partial charge is 0.493 e. The molecule has 7 rings (SSSR count). The minimum Gasteiger partial charge on any atom is -0.493 e. The Morgan fingerprint density at radius 1 is 0.781 bits per heavy atom. The molecule has 0 saturated carbocycles. The summed E-state index contributed by atoms with van der Waals surface area (Å²) >= 11 is 0. The number of Topliss-reactive ketones (excluding diaryl/α,β-unsaturated/α-hetero) is 3. The molecule has 0 fully saturated rings. The van der Waals surface area contributed by atoms with Crippen LogP contribution in [0.4, 0.5) is 5.69 Å². The molecule has 1 aliphatic carbocycles. The van der Waals surface area contributed by atoms with E-state index in [-0.39, 0.29) is 39.5 Å². The van der Waals surface area contributed by atoms with Gasteiger partial charge in [-0.3, -0.25) is 14.4 Å². The zero-order valence-electron chi connectivity index (χ0n) is 37.6. The van der Waals surface area contributed by atoms with Gasteiger partial charge in [-0.05, 0) is 58.0 Å². The fourth-order valence-electron chi connectivity index (χ4n) is 8.11. The van der Waals surface area contributed by atoms with Crippen LogP contribution in [-0.4, -0.2) is 87.0 Å². The van der Waals surface area contributed by atoms with Crippen LogP contribution in [-0.2, 0) is 9.47 Å². The van der Waals surface area contributed by atoms with Crippen LogP contribution in [0.25, 0.3) is 0 Å². The number of methoxy groups -OCH3 is 1. The third-order valence-electron chi connectivity index (χ3n) is 12.4. The number of carbonyl (C=O) groups is 4. The van der Waals surface area contributed by atoms with Gasteiger partial charge in [0.2, 0.25) is 17.5 Å². The second-order valence-corrected chi connectivity index (χ2v) is 17.1. The van der Waals surface area contributed by atoms with Crippen molar-refractivity contribution in [2.45, 2.75) is 92.5 Å². The predicted molar refractivity (Wildman–Crippen MR) is 240 cm³/mol. The number of anilines is 1. The van der Waals surface area contributed by atoms with Crippen molar-refractivity contribution in [3.63, 3.8) is 0 Å². The highest BCUT2D eigenvalue weighted by atomic mass is 16.7. The van der Waals surface area contributed by atoms with Gasteiger partial charge in [0.1, 0.15) is 22.9 Å². The molecule has 0 saturated heterocycles. The molecule has 3 heterocycles. The number of hydrogen-bond acceptors (Lipinski definition) is 13. The molecule has 64 heavy (non-hydrogen) atoms. The van der Waals surface area contributed by atoms with E-state index >= 15 is 9.59 Å². The summed E-state index contributed by atoms with van der Waals surface area (Å²) in [6.07, 6.45) is 3.24. The second-order valence-electron chi connectivity index (χ2n) is 17.1. The van der Waals surface area contributed by atoms with E-state index in [1.54, 1.807) is 88.4 Å². The minimum atomic E-state index is -2.14. The monoisotopic (exact) mass is 876 g/mol. The molecule has 14 nitrogen and oxygen atoms in total. The van der Waals surface area contributed by atoms with Gasteiger partial charge in [-0.1, -0.05) is 81.3 Å². The van der Waals surface area contributed by atoms with Crippen molar-refractivity contribution in [3.8, 4) is 11.5 Å². The lowest BCUT2D eigenvalue weighted by molar-refractivity contribution is -0.0884. The number of aliphatic imine (C=N–C) groups is 1. The molecule has 5 bridgehead atoms. The van der Waals surface area contributed by atoms with E-state index in [0.29, 0.717) is 5.69 Å². The van der Waals surface area contributed by atoms with Gasteiger partial charge in [-0.25, -0.2) is 9.79 Å². The quantitative estimate of drug-likeness (QED) is 0.125. The van der Waals surface area contributed by atoms with Crippen LogP contribution in [0.1, 0.15) is 99.7 Å². The molecule has 3 aromatic carbocycles. The van der Waals surface area contributed by atoms with E-state index in [2.05, 4.69) is 10.3 Å². The third kappa shape index (κ3) is 9.09. The van der Waals surface area contributed by atoms with Gasteiger partial charge < -0.3 is 44.7 Å². The number of aliphatic hydroxyl groups excluding tert-OH is 4. The normalized spacial score (nSPS) is 29.5. The summed E-state index contributed by atoms with van der Waals surface area (Å²) in [5.41, 5.74) is 0.373. The molecule has 14 heteroatoms. The Bertz CT molecular complexity index is 2500. The smallest absolute Gasteiger partial charge is 0.343 e. The maximum absolute atomic E-state index is 15.1. The highest BCUT2D eigenvalue weighted by molar-refractivity contribution is 6.33. The summed E-state index contributed by atoms with van der Waals surface area (Å²) in [5, 5.41) is 48.5. The number of ketones is 3. The van der Waals surface area contributed by atoms with Crippen molar-refractivity contribution in [1.82, 2.24) is 0 Å². The number of fused-ring (bicyclic) bond motifs is 13. The molecule has 0 spiro atoms. The highest BCUT2D eigenvalue weighted by Crippen LogP contribution is 2.49. The average molecular weight is 877 g/mol. The molecule has 0 aromatic heterocycles. The summed E-state index contributed by atoms with van der Waals surface area (Å²) in [4.78, 5) is 63.1. The Labute approximate surface area is 372 Å². The average Bonchev–Trinajstić information content (AvgIpc) is 3.54. The van der Waals surface area contributed by atoms with Gasteiger partial charge in [-0.2, -0.15) is 0 Å². The van der Waals surface area contributed by atoms with E-state index < -0.39 is 99.9 Å². The summed E-state index contributed by atoms with van der Waals surface area (Å²) in [6, 6.07) is 13.4. The molecule has 9 atom stereocenters. The van der Waals surface area contributed by atoms with E-state index in [1.165, 1.54) is 46.3 Å². The van der Waals surface area contributed by atoms with E-state index in [1.807, 2.05) is 13.8 Å². The Morgan fingerprint density at radius 2 is 1.38 bits per heavy atom. The molecule has 4 aliphatic rings. The van der Waals surface area contributed by atoms with Crippen LogP contribution < -0.4 is 14.8 Å². The van der Waals surface area contributed by atoms with Gasteiger partial charge >= 0.3 is 11.8 Å². The van der Waals surface area contributed by atoms with Crippen LogP contribution in [0, 0.1) is 44.4 Å². The van der Waals surface area contributed by atoms with E-state index in [9.17, 15) is 30.0 Å². The summed E-state index contributed by atoms with van der Waals surface area (Å²) in [7, 11) is 1.42. The third-order valence-corrected chi connectivity index (χ3v) is 12.4. The number of carbonyl (C=O) groups excluding carboxylic acids is 4. The Hall–Kier alpha value is -6.19. The molecule has 9 unspecified atom stereocenters. The highest BCUT2D eigenvalue weighted by Gasteiger charge is 2.53. The second kappa shape index (κ2) is 18.9. The summed E-state index contributed by atoms with van der Waals surface area (Å²) in [6.45, 7) is 14.8. The molecule has 3 aliphatic heterocycles. The Kier molecular flexibility index (Phi) is 14.0. The van der Waals surface area contributed by atoms with Gasteiger partial charge in [0.05, 0.1) is 52.9 Å². The molecular formula is C50H56N2O12. The van der Waals surface area contributed by atoms with E-state index in [0.717, 1.165) is 11.1 Å². The van der Waals surface area contributed by atoms with Crippen LogP contribution in [0.2, 0.25) is 0 Å². The van der Waals surface area contributed by atoms with Crippen LogP contribution >= 0.6 is 0 Å². The first-order chi connectivity index (χ1) is 30.2. The Morgan fingerprint density at radius 3 is 2.00 bits per heavy atom. The summed E-state index contributed by atoms with van der Waals surface area (Å²) in [5.74, 6) is -9.45. The number of benzene rings is 3. The van der Waals surface area contributed by atoms with Gasteiger partial charge in [0, 0.05) is 54.5 Å². The SMILES string of the molecule is COC1/C=C/OC2(C)Oc3c(C)c(OC(=O)c4ccc(C)cc4)c4c(c3C2=O)C(=O)C(Nc2ccc(C)cc2)=C(N=C(O)/C(C)=C\C=C\C(C)C(O)C(C)C(O)C(C)C(O)C1C)C4=O. The number of nitrogens with one attached hydrogen (secondary N) is 1. The van der Waals surface area contributed by atoms with E-state index in [4.69, 9.17) is 18.9 Å². The number of rotatable bonds is 5. The molecular weight excluding hydrogens is 821 g/mol. The summed E-state index contributed by atoms with van der Waals surface area (Å²) < 4.78 is 24.0. The molecule has 338 valence electrons. The fraction of sp³-hybridized carbons (Fsp3) is 0.380. The fourth-order valence-corrected chi connectivity index (χ4v) is 8.11. The number of allylic oxidation sites excluding steroid dienone is 4. The predicted octanol–water partition coefficient (Wildman–Crippen LogP) is 7.47. The Balaban J connectivity index is 1.59. The lowest BCUT2D eigenvalue weighted by Gasteiger charge is -2.36. The first kappa shape index (κ1) is 47.3. The van der Waals surface area contributed by atoms with Crippen molar-refractivity contribution >= 4 is 34.9 Å². The number of hydrogen-bond donors (Lipinski definition) is 5. The number of ether oxygens (including phenoxy) is 4. The van der Waals surface area contributed by atoms with Crippen molar-refractivity contribution in [2.24, 2.45) is 28.7 Å². The zero-order valence-corrected chi connectivity index (χ0v) is 37.6. The molecule has 3 aromatic rings. The maximum Gasteiger partial charge on any atom is 0.343 e. The maximum atomic E-state index is 15.1. The van der Waals surface area contributed by atoms with Crippen molar-refractivity contribution < 1.29 is 58.6 Å². The first-order valence-electron chi connectivity index (χ1n) is 21.2. The van der Waals surface area contributed by atoms with Gasteiger partial charge in [-0.15, -0.1) is 0 Å². The van der Waals surface area contributed by atoms with Crippen molar-refractivity contribution in [1.29, 1.82) is 0 Å². The van der Waals surface area contributed by atoms with Gasteiger partial charge in [0.15, 0.2) is 0 Å². The standard InChI is InChI=1S/C50H56N2O12/c1-24-14-18-32(19-15-24)49(60)63-45-31(8)46-37-35-36(45)44(57)39(38(43(35)56)51-33-20-16-25(2)17-21-33)52-48(59)27(4)13-11-12-26(3)40(53)29(6)42(55)30(7)41(54)28(5)34(61-10)22-23-62-50(9,64-46)47(37)58/h11-23,26,28-30,34,40-42,51,53-55H,1-10H3,(H,52,59)/b12-11+,23-22+,27-13-. The molecule has 5 N–H and O–H groups in total. The topological polar surface area (TPSA) is 211 Å². The minimum absolute atomic E-state index is 0.0267. The lowest BCUT2D eigenvalue weighted by Crippen LogP contribution is -2.44. The van der Waals surface area contributed by atoms with Crippen molar-refractivity contribution in [3.05, 3.63) is 135 Å². The van der Waals surface area contributed by atoms with Crippen LogP contribution in [0.15, 0.2) is 101 Å². The van der Waals surface area contributed by atoms with Crippen molar-refractivity contribution in [2.75, 3.05) is 12.4 Å². The zero-order chi connectivity index (χ0) is 46.9. The lowest BCUT2D eigenvalue weighted by atomic mass is 9.78. The number of nitrogens with zero attached hydrogens (tertiary/aromatic N) is 1.